The van der Waals surface area contributed by atoms with Gasteiger partial charge in [0.2, 0.25) is 0 Å². The predicted molar refractivity (Wildman–Crippen MR) is 633 cm³/mol. The highest BCUT2D eigenvalue weighted by Gasteiger charge is 2.10. The first-order valence-corrected chi connectivity index (χ1v) is 48.5. The highest BCUT2D eigenvalue weighted by molar-refractivity contribution is 6.07. The summed E-state index contributed by atoms with van der Waals surface area (Å²) < 4.78 is 0. The molecule has 136 heavy (non-hydrogen) atoms. The Hall–Kier alpha value is -11.4. The van der Waals surface area contributed by atoms with Gasteiger partial charge < -0.3 is 0 Å². The van der Waals surface area contributed by atoms with Gasteiger partial charge in [-0.1, -0.05) is 636 Å². The fourth-order valence-corrected chi connectivity index (χ4v) is 12.6. The molecule has 0 amide bonds. The van der Waals surface area contributed by atoms with Gasteiger partial charge in [-0.25, -0.2) is 0 Å². The van der Waals surface area contributed by atoms with Crippen molar-refractivity contribution in [1.29, 1.82) is 0 Å². The third-order valence-electron chi connectivity index (χ3n) is 18.9. The summed E-state index contributed by atoms with van der Waals surface area (Å²) in [6.45, 7) is 58.8. The second kappa shape index (κ2) is 78.7. The zero-order valence-electron chi connectivity index (χ0n) is 85.4. The molecule has 19 rings (SSSR count). The zero-order chi connectivity index (χ0) is 95.8. The molecule has 0 nitrogen and oxygen atoms in total. The highest BCUT2D eigenvalue weighted by atomic mass is 14.1. The summed E-state index contributed by atoms with van der Waals surface area (Å²) in [5.41, 5.74) is 11.5. The zero-order valence-corrected chi connectivity index (χ0v) is 85.4. The molecule has 0 aliphatic heterocycles. The molecular formula is C136H192. The number of allylic oxidation sites excluding steroid dienone is 17. The van der Waals surface area contributed by atoms with Gasteiger partial charge in [0.15, 0.2) is 0 Å². The minimum absolute atomic E-state index is 0. The fourth-order valence-electron chi connectivity index (χ4n) is 12.6. The molecular weight excluding hydrogens is 1630 g/mol. The van der Waals surface area contributed by atoms with Crippen LogP contribution in [0.5, 0.6) is 0 Å². The minimum Gasteiger partial charge on any atom is -0.0805 e. The number of rotatable bonds is 4. The molecule has 0 saturated carbocycles. The van der Waals surface area contributed by atoms with Crippen LogP contribution < -0.4 is 10.4 Å². The normalized spacial score (nSPS) is 12.1. The number of benzene rings is 13. The van der Waals surface area contributed by atoms with E-state index in [-0.39, 0.29) is 44.6 Å². The first-order valence-electron chi connectivity index (χ1n) is 48.5. The first-order chi connectivity index (χ1) is 62.3. The molecule has 0 heteroatoms. The first kappa shape index (κ1) is 131. The third kappa shape index (κ3) is 60.8. The Balaban J connectivity index is -0.000000688. The Bertz CT molecular complexity index is 5190. The maximum atomic E-state index is 2.28. The highest BCUT2D eigenvalue weighted by Crippen LogP contribution is 2.28. The van der Waals surface area contributed by atoms with Gasteiger partial charge in [0.25, 0.3) is 0 Å². The van der Waals surface area contributed by atoms with E-state index in [1.54, 1.807) is 5.57 Å². The van der Waals surface area contributed by atoms with Crippen molar-refractivity contribution in [1.82, 2.24) is 0 Å². The van der Waals surface area contributed by atoms with Crippen molar-refractivity contribution >= 4 is 72.1 Å². The molecule has 0 saturated heterocycles. The van der Waals surface area contributed by atoms with Gasteiger partial charge in [0.05, 0.1) is 0 Å². The van der Waals surface area contributed by atoms with E-state index in [9.17, 15) is 0 Å². The van der Waals surface area contributed by atoms with Crippen LogP contribution in [0.1, 0.15) is 283 Å². The molecule has 0 heterocycles. The van der Waals surface area contributed by atoms with Crippen LogP contribution in [0.4, 0.5) is 0 Å². The van der Waals surface area contributed by atoms with E-state index >= 15 is 0 Å². The van der Waals surface area contributed by atoms with E-state index in [2.05, 4.69) is 569 Å². The van der Waals surface area contributed by atoms with Crippen LogP contribution in [-0.4, -0.2) is 0 Å². The summed E-state index contributed by atoms with van der Waals surface area (Å²) >= 11 is 0. The SMILES string of the molecule is C.C.C.C.C.C.C1=CC2=CC=CC2C=C1.C1=Cc2ccccc2C1.C1=c2ccccc2=CC1.CC(C)C.CC(C)C.CC(C)C.CC(C)C.CC(C)C.CC(C)C.CC(C)C1=CC=CC1.CC(C)C1=CCC=C1.CC(C)c1ccccc1.CC(C)c1ccccc1.Cc1ccccc1.c1ccc2c(c1)ccc1ccccc12.c1ccc2cc3ccccc3cc2c1.c1ccc2ccccc2c1. The molecule has 0 fully saturated rings. The largest absolute Gasteiger partial charge is 0.0805 e. The second-order valence-electron chi connectivity index (χ2n) is 38.5. The molecule has 1 atom stereocenters. The van der Waals surface area contributed by atoms with E-state index < -0.39 is 0 Å². The molecule has 6 aliphatic rings. The van der Waals surface area contributed by atoms with Gasteiger partial charge in [0.1, 0.15) is 0 Å². The summed E-state index contributed by atoms with van der Waals surface area (Å²) in [5.74, 6) is 8.35. The van der Waals surface area contributed by atoms with Crippen LogP contribution in [0.2, 0.25) is 0 Å². The van der Waals surface area contributed by atoms with E-state index in [1.807, 2.05) is 30.3 Å². The van der Waals surface area contributed by atoms with Gasteiger partial charge >= 0.3 is 0 Å². The van der Waals surface area contributed by atoms with E-state index in [4.69, 9.17) is 0 Å². The molecule has 0 N–H and O–H groups in total. The molecule has 0 spiro atoms. The standard InChI is InChI=1S/2C14H10.C10H8.3C9H8.2C9H12.2C8H12.C7H8.6C4H10.6CH4/c1-3-7-13-11(5-1)9-10-12-6-2-4-8-14(12)13;1-2-6-12-10-14-8-4-3-7-13(14)9-11(12)5-1;1-2-6-10-8-4-3-7-9(10)5-1;3*1-2-5-9-7-3-6-8(9)4-1;2*1-8(2)9-6-4-3-5-7-9;2*1-7(2)8-5-3-4-6-8;1-7-5-3-2-4-6-7;6*1-4(2)3;;;;;;/h2*1-10H;1-8H;1-2,4-7H,3H2;1-6H,7H2;1-8H;2*3-8H,1-2H3;3,5-7H,4H2,1-2H3;3-5,7H,6H2,1-2H3;2-6H,1H3;6*4H,1-3H3;6*1H4. The van der Waals surface area contributed by atoms with Gasteiger partial charge in [-0.2, -0.15) is 0 Å². The molecule has 6 aliphatic carbocycles. The second-order valence-corrected chi connectivity index (χ2v) is 38.5. The Morgan fingerprint density at radius 2 is 0.581 bits per heavy atom. The lowest BCUT2D eigenvalue weighted by molar-refractivity contribution is 0.736. The predicted octanol–water partition coefficient (Wildman–Crippen LogP) is 42.4. The lowest BCUT2D eigenvalue weighted by atomic mass is 9.99. The van der Waals surface area contributed by atoms with Crippen LogP contribution >= 0.6 is 0 Å². The summed E-state index contributed by atoms with van der Waals surface area (Å²) in [7, 11) is 0. The van der Waals surface area contributed by atoms with Crippen molar-refractivity contribution in [3.63, 3.8) is 0 Å². The van der Waals surface area contributed by atoms with E-state index in [0.717, 1.165) is 60.7 Å². The van der Waals surface area contributed by atoms with Crippen molar-refractivity contribution in [3.05, 3.63) is 449 Å². The van der Waals surface area contributed by atoms with Gasteiger partial charge in [0, 0.05) is 5.92 Å². The Labute approximate surface area is 838 Å². The van der Waals surface area contributed by atoms with Crippen LogP contribution in [0.15, 0.2) is 411 Å². The molecule has 1 unspecified atom stereocenters. The van der Waals surface area contributed by atoms with E-state index in [0.29, 0.717) is 23.7 Å². The van der Waals surface area contributed by atoms with Crippen molar-refractivity contribution in [3.8, 4) is 0 Å². The minimum atomic E-state index is 0. The maximum Gasteiger partial charge on any atom is 0.0204 e. The summed E-state index contributed by atoms with van der Waals surface area (Å²) in [6, 6.07) is 108. The molecule has 0 radical (unpaired) electrons. The average Bonchev–Trinajstić information content (AvgIpc) is 1.06. The maximum absolute atomic E-state index is 2.28. The topological polar surface area (TPSA) is 0 Å². The van der Waals surface area contributed by atoms with Crippen molar-refractivity contribution in [2.75, 3.05) is 0 Å². The van der Waals surface area contributed by atoms with Crippen molar-refractivity contribution in [2.24, 2.45) is 53.3 Å². The van der Waals surface area contributed by atoms with Crippen LogP contribution in [0, 0.1) is 60.2 Å². The summed E-state index contributed by atoms with van der Waals surface area (Å²) in [6.07, 6.45) is 41.7. The molecule has 13 aromatic carbocycles. The Morgan fingerprint density at radius 3 is 0.882 bits per heavy atom. The smallest absolute Gasteiger partial charge is 0.0204 e. The van der Waals surface area contributed by atoms with Crippen LogP contribution in [0.3, 0.4) is 0 Å². The van der Waals surface area contributed by atoms with Gasteiger partial charge in [-0.05, 0) is 202 Å². The van der Waals surface area contributed by atoms with Crippen molar-refractivity contribution in [2.45, 2.75) is 269 Å². The molecule has 13 aromatic rings. The average molecular weight is 1830 g/mol. The van der Waals surface area contributed by atoms with Gasteiger partial charge in [-0.15, -0.1) is 0 Å². The number of hydrogen-bond acceptors (Lipinski definition) is 0. The quantitative estimate of drug-likeness (QED) is 0.122. The van der Waals surface area contributed by atoms with Crippen LogP contribution in [0.25, 0.3) is 72.1 Å². The van der Waals surface area contributed by atoms with Gasteiger partial charge in [-0.3, -0.25) is 0 Å². The fraction of sp³-hybridized carbons (Fsp3) is 0.353. The lowest BCUT2D eigenvalue weighted by Crippen LogP contribution is -2.19. The summed E-state index contributed by atoms with van der Waals surface area (Å²) in [4.78, 5) is 0. The third-order valence-corrected chi connectivity index (χ3v) is 18.9. The molecule has 736 valence electrons. The van der Waals surface area contributed by atoms with Crippen LogP contribution in [-0.2, 0) is 6.42 Å². The Kier molecular flexibility index (Phi) is 75.7. The lowest BCUT2D eigenvalue weighted by Gasteiger charge is -2.06. The van der Waals surface area contributed by atoms with Crippen molar-refractivity contribution < 1.29 is 0 Å². The molecule has 0 bridgehead atoms. The summed E-state index contributed by atoms with van der Waals surface area (Å²) in [5, 5.41) is 15.9. The number of aryl methyl sites for hydroxylation is 1. The Morgan fingerprint density at radius 1 is 0.243 bits per heavy atom. The monoisotopic (exact) mass is 1830 g/mol. The number of fused-ring (bicyclic) bond motifs is 9. The molecule has 0 aromatic heterocycles. The van der Waals surface area contributed by atoms with E-state index in [1.165, 1.54) is 110 Å². The number of hydrogen-bond donors (Lipinski definition) is 0.